The van der Waals surface area contributed by atoms with Crippen molar-refractivity contribution in [2.75, 3.05) is 11.9 Å². The molecule has 0 heterocycles. The zero-order chi connectivity index (χ0) is 19.2. The van der Waals surface area contributed by atoms with Gasteiger partial charge in [0, 0.05) is 12.6 Å². The lowest BCUT2D eigenvalue weighted by Gasteiger charge is -2.19. The van der Waals surface area contributed by atoms with Crippen LogP contribution in [0.2, 0.25) is 0 Å². The lowest BCUT2D eigenvalue weighted by molar-refractivity contribution is 0.0696. The largest absolute Gasteiger partial charge is 0.478 e. The maximum atomic E-state index is 12.7. The second-order valence-corrected chi connectivity index (χ2v) is 7.78. The minimum absolute atomic E-state index is 0.0590. The quantitative estimate of drug-likeness (QED) is 0.581. The van der Waals surface area contributed by atoms with Crippen LogP contribution in [0.4, 0.5) is 5.69 Å². The van der Waals surface area contributed by atoms with Crippen LogP contribution in [-0.2, 0) is 10.0 Å². The molecule has 2 aromatic rings. The van der Waals surface area contributed by atoms with E-state index in [2.05, 4.69) is 10.0 Å². The molecule has 1 atom stereocenters. The molecule has 0 aliphatic rings. The Morgan fingerprint density at radius 3 is 2.46 bits per heavy atom. The molecule has 0 fully saturated rings. The number of benzene rings is 2. The monoisotopic (exact) mass is 376 g/mol. The molecule has 0 amide bonds. The fourth-order valence-electron chi connectivity index (χ4n) is 2.52. The van der Waals surface area contributed by atoms with Crippen LogP contribution < -0.4 is 10.0 Å². The van der Waals surface area contributed by atoms with Gasteiger partial charge in [-0.15, -0.1) is 0 Å². The van der Waals surface area contributed by atoms with E-state index in [1.165, 1.54) is 18.2 Å². The van der Waals surface area contributed by atoms with E-state index in [0.717, 1.165) is 12.0 Å². The third-order valence-corrected chi connectivity index (χ3v) is 5.51. The number of unbranched alkanes of at least 4 members (excludes halogenated alkanes) is 1. The summed E-state index contributed by atoms with van der Waals surface area (Å²) in [7, 11) is -3.82. The number of hydrogen-bond acceptors (Lipinski definition) is 4. The number of aromatic carboxylic acids is 1. The molecule has 0 spiro atoms. The molecule has 0 radical (unpaired) electrons. The molecule has 26 heavy (non-hydrogen) atoms. The Labute approximate surface area is 154 Å². The van der Waals surface area contributed by atoms with Crippen molar-refractivity contribution in [2.45, 2.75) is 37.6 Å². The predicted molar refractivity (Wildman–Crippen MR) is 102 cm³/mol. The van der Waals surface area contributed by atoms with Gasteiger partial charge in [0.05, 0.1) is 11.3 Å². The molecule has 140 valence electrons. The van der Waals surface area contributed by atoms with E-state index in [9.17, 15) is 18.3 Å². The molecule has 3 N–H and O–H groups in total. The molecular formula is C19H24N2O4S. The highest BCUT2D eigenvalue weighted by molar-refractivity contribution is 7.89. The summed E-state index contributed by atoms with van der Waals surface area (Å²) in [6.07, 6.45) is 1.56. The van der Waals surface area contributed by atoms with Gasteiger partial charge in [0.1, 0.15) is 4.90 Å². The average molecular weight is 376 g/mol. The molecule has 7 heteroatoms. The van der Waals surface area contributed by atoms with Crippen LogP contribution >= 0.6 is 0 Å². The number of carboxylic acid groups (broad SMARTS) is 1. The van der Waals surface area contributed by atoms with E-state index >= 15 is 0 Å². The first-order chi connectivity index (χ1) is 12.3. The molecule has 0 aliphatic heterocycles. The zero-order valence-corrected chi connectivity index (χ0v) is 15.7. The third kappa shape index (κ3) is 5.06. The van der Waals surface area contributed by atoms with E-state index in [1.54, 1.807) is 0 Å². The second-order valence-electron chi connectivity index (χ2n) is 6.04. The van der Waals surface area contributed by atoms with Crippen molar-refractivity contribution < 1.29 is 18.3 Å². The summed E-state index contributed by atoms with van der Waals surface area (Å²) in [5, 5.41) is 12.4. The molecule has 2 rings (SSSR count). The summed E-state index contributed by atoms with van der Waals surface area (Å²) < 4.78 is 27.9. The summed E-state index contributed by atoms with van der Waals surface area (Å²) in [6.45, 7) is 4.19. The van der Waals surface area contributed by atoms with E-state index in [1.807, 2.05) is 44.2 Å². The van der Waals surface area contributed by atoms with Crippen LogP contribution in [0.1, 0.15) is 48.7 Å². The maximum Gasteiger partial charge on any atom is 0.335 e. The van der Waals surface area contributed by atoms with Crippen LogP contribution in [0.5, 0.6) is 0 Å². The molecule has 0 aromatic heterocycles. The topological polar surface area (TPSA) is 95.5 Å². The lowest BCUT2D eigenvalue weighted by Crippen LogP contribution is -2.26. The van der Waals surface area contributed by atoms with Gasteiger partial charge in [0.2, 0.25) is 10.0 Å². The van der Waals surface area contributed by atoms with Crippen molar-refractivity contribution in [3.05, 3.63) is 59.7 Å². The molecule has 0 saturated carbocycles. The van der Waals surface area contributed by atoms with Crippen LogP contribution in [0.3, 0.4) is 0 Å². The van der Waals surface area contributed by atoms with E-state index in [0.29, 0.717) is 18.7 Å². The second kappa shape index (κ2) is 8.82. The van der Waals surface area contributed by atoms with E-state index < -0.39 is 16.0 Å². The highest BCUT2D eigenvalue weighted by atomic mass is 32.2. The van der Waals surface area contributed by atoms with Gasteiger partial charge in [0.15, 0.2) is 0 Å². The lowest BCUT2D eigenvalue weighted by atomic mass is 10.1. The number of anilines is 1. The average Bonchev–Trinajstić information content (AvgIpc) is 2.62. The normalized spacial score (nSPS) is 12.5. The molecular weight excluding hydrogens is 352 g/mol. The Balaban J connectivity index is 2.37. The van der Waals surface area contributed by atoms with E-state index in [4.69, 9.17) is 0 Å². The molecule has 2 aromatic carbocycles. The minimum atomic E-state index is -3.82. The Morgan fingerprint density at radius 1 is 1.15 bits per heavy atom. The van der Waals surface area contributed by atoms with E-state index in [-0.39, 0.29) is 16.5 Å². The molecule has 6 nitrogen and oxygen atoms in total. The minimum Gasteiger partial charge on any atom is -0.478 e. The smallest absolute Gasteiger partial charge is 0.335 e. The number of carbonyl (C=O) groups is 1. The number of hydrogen-bond donors (Lipinski definition) is 3. The fraction of sp³-hybridized carbons (Fsp3) is 0.316. The van der Waals surface area contributed by atoms with Crippen molar-refractivity contribution >= 4 is 21.7 Å². The van der Waals surface area contributed by atoms with Gasteiger partial charge in [-0.05, 0) is 37.1 Å². The number of sulfonamides is 1. The van der Waals surface area contributed by atoms with Crippen LogP contribution in [0, 0.1) is 0 Å². The van der Waals surface area contributed by atoms with Crippen molar-refractivity contribution in [1.29, 1.82) is 0 Å². The van der Waals surface area contributed by atoms with Gasteiger partial charge in [-0.25, -0.2) is 17.9 Å². The predicted octanol–water partition coefficient (Wildman–Crippen LogP) is 3.64. The van der Waals surface area contributed by atoms with Gasteiger partial charge < -0.3 is 10.4 Å². The van der Waals surface area contributed by atoms with Gasteiger partial charge in [-0.1, -0.05) is 43.7 Å². The Hall–Kier alpha value is -2.38. The van der Waals surface area contributed by atoms with Crippen molar-refractivity contribution in [3.8, 4) is 0 Å². The Morgan fingerprint density at radius 2 is 1.85 bits per heavy atom. The first-order valence-electron chi connectivity index (χ1n) is 8.53. The number of rotatable bonds is 9. The van der Waals surface area contributed by atoms with Gasteiger partial charge in [0.25, 0.3) is 0 Å². The molecule has 0 unspecified atom stereocenters. The molecule has 0 bridgehead atoms. The summed E-state index contributed by atoms with van der Waals surface area (Å²) >= 11 is 0. The van der Waals surface area contributed by atoms with Gasteiger partial charge in [-0.3, -0.25) is 0 Å². The van der Waals surface area contributed by atoms with Gasteiger partial charge >= 0.3 is 5.97 Å². The Kier molecular flexibility index (Phi) is 6.76. The van der Waals surface area contributed by atoms with Gasteiger partial charge in [-0.2, -0.15) is 0 Å². The Bertz CT molecular complexity index is 851. The van der Waals surface area contributed by atoms with Crippen LogP contribution in [0.25, 0.3) is 0 Å². The standard InChI is InChI=1S/C19H24N2O4S/c1-3-4-12-20-26(24,25)18-13-16(19(22)23)10-11-17(18)21-14(2)15-8-6-5-7-9-15/h5-11,13-14,20-21H,3-4,12H2,1-2H3,(H,22,23)/t14-/m1/s1. The maximum absolute atomic E-state index is 12.7. The van der Waals surface area contributed by atoms with Crippen LogP contribution in [-0.4, -0.2) is 26.0 Å². The fourth-order valence-corrected chi connectivity index (χ4v) is 3.78. The molecule has 0 saturated heterocycles. The highest BCUT2D eigenvalue weighted by Crippen LogP contribution is 2.27. The first kappa shape index (κ1) is 19.9. The van der Waals surface area contributed by atoms with Crippen molar-refractivity contribution in [2.24, 2.45) is 0 Å². The van der Waals surface area contributed by atoms with Crippen molar-refractivity contribution in [1.82, 2.24) is 4.72 Å². The summed E-state index contributed by atoms with van der Waals surface area (Å²) in [4.78, 5) is 11.2. The third-order valence-electron chi connectivity index (χ3n) is 4.01. The molecule has 0 aliphatic carbocycles. The SMILES string of the molecule is CCCCNS(=O)(=O)c1cc(C(=O)O)ccc1N[C@H](C)c1ccccc1. The first-order valence-corrected chi connectivity index (χ1v) is 10.0. The summed E-state index contributed by atoms with van der Waals surface area (Å²) in [6, 6.07) is 13.5. The van der Waals surface area contributed by atoms with Crippen LogP contribution in [0.15, 0.2) is 53.4 Å². The number of nitrogens with one attached hydrogen (secondary N) is 2. The highest BCUT2D eigenvalue weighted by Gasteiger charge is 2.21. The number of carboxylic acids is 1. The summed E-state index contributed by atoms with van der Waals surface area (Å²) in [5.74, 6) is -1.17. The van der Waals surface area contributed by atoms with Crippen molar-refractivity contribution in [3.63, 3.8) is 0 Å². The summed E-state index contributed by atoms with van der Waals surface area (Å²) in [5.41, 5.74) is 1.30. The zero-order valence-electron chi connectivity index (χ0n) is 14.9.